The quantitative estimate of drug-likeness (QED) is 0.586. The topological polar surface area (TPSA) is 0 Å². The minimum absolute atomic E-state index is 0.973. The average molecular weight is 178 g/mol. The van der Waals surface area contributed by atoms with Crippen molar-refractivity contribution in [3.8, 4) is 0 Å². The molecule has 1 rings (SSSR count). The molecule has 0 aromatic heterocycles. The zero-order chi connectivity index (χ0) is 10.5. The first-order valence-corrected chi connectivity index (χ1v) is 5.08. The van der Waals surface area contributed by atoms with Gasteiger partial charge in [-0.1, -0.05) is 64.1 Å². The third-order valence-corrected chi connectivity index (χ3v) is 1.22. The van der Waals surface area contributed by atoms with Gasteiger partial charge in [0.05, 0.1) is 0 Å². The van der Waals surface area contributed by atoms with Gasteiger partial charge in [0.2, 0.25) is 0 Å². The molecule has 0 nitrogen and oxygen atoms in total. The molecule has 0 heteroatoms. The lowest BCUT2D eigenvalue weighted by Crippen LogP contribution is -1.75. The van der Waals surface area contributed by atoms with Crippen LogP contribution in [-0.4, -0.2) is 0 Å². The van der Waals surface area contributed by atoms with E-state index in [1.165, 1.54) is 5.56 Å². The van der Waals surface area contributed by atoms with Crippen LogP contribution in [0.1, 0.15) is 33.3 Å². The second-order valence-corrected chi connectivity index (χ2v) is 1.98. The third-order valence-electron chi connectivity index (χ3n) is 1.22. The Bertz CT molecular complexity index is 174. The van der Waals surface area contributed by atoms with E-state index in [9.17, 15) is 0 Å². The summed E-state index contributed by atoms with van der Waals surface area (Å²) in [6.45, 7) is 11.7. The molecule has 0 bridgehead atoms. The second kappa shape index (κ2) is 13.5. The number of rotatable bonds is 2. The molecule has 0 aliphatic rings. The van der Waals surface area contributed by atoms with Crippen LogP contribution in [0.2, 0.25) is 0 Å². The predicted molar refractivity (Wildman–Crippen MR) is 63.0 cm³/mol. The Labute approximate surface area is 83.3 Å². The molecule has 0 saturated carbocycles. The molecule has 0 fully saturated rings. The fourth-order valence-electron chi connectivity index (χ4n) is 0.781. The van der Waals surface area contributed by atoms with Gasteiger partial charge < -0.3 is 0 Å². The zero-order valence-electron chi connectivity index (χ0n) is 9.38. The van der Waals surface area contributed by atoms with Crippen molar-refractivity contribution in [2.75, 3.05) is 0 Å². The van der Waals surface area contributed by atoms with Crippen LogP contribution in [0.5, 0.6) is 0 Å². The Kier molecular flexibility index (Phi) is 15.1. The van der Waals surface area contributed by atoms with Crippen LogP contribution in [0.15, 0.2) is 43.0 Å². The first-order chi connectivity index (χ1) is 6.43. The van der Waals surface area contributed by atoms with E-state index in [-0.39, 0.29) is 0 Å². The van der Waals surface area contributed by atoms with Crippen molar-refractivity contribution in [1.82, 2.24) is 0 Å². The van der Waals surface area contributed by atoms with E-state index in [2.05, 4.69) is 18.7 Å². The lowest BCUT2D eigenvalue weighted by atomic mass is 10.2. The van der Waals surface area contributed by atoms with Gasteiger partial charge in [-0.25, -0.2) is 0 Å². The molecule has 0 aliphatic heterocycles. The van der Waals surface area contributed by atoms with Gasteiger partial charge >= 0.3 is 0 Å². The van der Waals surface area contributed by atoms with Crippen molar-refractivity contribution < 1.29 is 0 Å². The summed E-state index contributed by atoms with van der Waals surface area (Å²) in [5, 5.41) is 0. The summed E-state index contributed by atoms with van der Waals surface area (Å²) in [5.41, 5.74) is 1.33. The van der Waals surface area contributed by atoms with E-state index in [1.807, 2.05) is 52.0 Å². The number of hydrogen-bond acceptors (Lipinski definition) is 0. The van der Waals surface area contributed by atoms with E-state index in [0.29, 0.717) is 0 Å². The second-order valence-electron chi connectivity index (χ2n) is 1.98. The Morgan fingerprint density at radius 2 is 1.46 bits per heavy atom. The van der Waals surface area contributed by atoms with Crippen LogP contribution in [0.4, 0.5) is 0 Å². The van der Waals surface area contributed by atoms with Crippen LogP contribution in [0, 0.1) is 0 Å². The first kappa shape index (κ1) is 14.5. The largest absolute Gasteiger partial charge is 0.103 e. The lowest BCUT2D eigenvalue weighted by molar-refractivity contribution is 1.28. The maximum atomic E-state index is 3.66. The monoisotopic (exact) mass is 178 g/mol. The van der Waals surface area contributed by atoms with Gasteiger partial charge in [0.15, 0.2) is 0 Å². The SMILES string of the molecule is C=CCc1ccccc1.CC.CC. The summed E-state index contributed by atoms with van der Waals surface area (Å²) in [5.74, 6) is 0. The number of benzene rings is 1. The highest BCUT2D eigenvalue weighted by Crippen LogP contribution is 1.98. The molecule has 0 atom stereocenters. The number of hydrogen-bond donors (Lipinski definition) is 0. The van der Waals surface area contributed by atoms with E-state index < -0.39 is 0 Å². The van der Waals surface area contributed by atoms with E-state index in [1.54, 1.807) is 0 Å². The van der Waals surface area contributed by atoms with Crippen molar-refractivity contribution in [3.63, 3.8) is 0 Å². The third kappa shape index (κ3) is 8.87. The molecule has 0 unspecified atom stereocenters. The fourth-order valence-corrected chi connectivity index (χ4v) is 0.781. The molecular weight excluding hydrogens is 156 g/mol. The van der Waals surface area contributed by atoms with E-state index in [4.69, 9.17) is 0 Å². The Morgan fingerprint density at radius 1 is 1.00 bits per heavy atom. The van der Waals surface area contributed by atoms with Gasteiger partial charge in [0.25, 0.3) is 0 Å². The molecular formula is C13H22. The summed E-state index contributed by atoms with van der Waals surface area (Å²) in [6.07, 6.45) is 2.89. The lowest BCUT2D eigenvalue weighted by Gasteiger charge is -1.91. The smallest absolute Gasteiger partial charge is 0.0100 e. The molecule has 0 amide bonds. The van der Waals surface area contributed by atoms with E-state index in [0.717, 1.165) is 6.42 Å². The van der Waals surface area contributed by atoms with Gasteiger partial charge in [-0.15, -0.1) is 6.58 Å². The highest BCUT2D eigenvalue weighted by molar-refractivity contribution is 5.16. The van der Waals surface area contributed by atoms with Crippen LogP contribution in [0.3, 0.4) is 0 Å². The summed E-state index contributed by atoms with van der Waals surface area (Å²) >= 11 is 0. The molecule has 0 aliphatic carbocycles. The predicted octanol–water partition coefficient (Wildman–Crippen LogP) is 4.47. The molecule has 1 aromatic carbocycles. The highest BCUT2D eigenvalue weighted by atomic mass is 13.9. The number of allylic oxidation sites excluding steroid dienone is 1. The van der Waals surface area contributed by atoms with Crippen LogP contribution >= 0.6 is 0 Å². The Hall–Kier alpha value is -1.04. The molecule has 0 heterocycles. The molecule has 0 spiro atoms. The maximum absolute atomic E-state index is 3.66. The fraction of sp³-hybridized carbons (Fsp3) is 0.385. The summed E-state index contributed by atoms with van der Waals surface area (Å²) in [4.78, 5) is 0. The molecule has 0 saturated heterocycles. The van der Waals surface area contributed by atoms with Crippen LogP contribution in [0.25, 0.3) is 0 Å². The normalized spacial score (nSPS) is 7.08. The van der Waals surface area contributed by atoms with Crippen molar-refractivity contribution in [1.29, 1.82) is 0 Å². The molecule has 0 N–H and O–H groups in total. The van der Waals surface area contributed by atoms with Crippen LogP contribution in [-0.2, 0) is 6.42 Å². The van der Waals surface area contributed by atoms with Gasteiger partial charge in [-0.05, 0) is 12.0 Å². The Balaban J connectivity index is 0. The molecule has 1 aromatic rings. The average Bonchev–Trinajstić information content (AvgIpc) is 2.26. The maximum Gasteiger partial charge on any atom is -0.0100 e. The van der Waals surface area contributed by atoms with Crippen molar-refractivity contribution in [2.24, 2.45) is 0 Å². The summed E-state index contributed by atoms with van der Waals surface area (Å²) < 4.78 is 0. The minimum atomic E-state index is 0.973. The standard InChI is InChI=1S/C9H10.2C2H6/c1-2-6-9-7-4-3-5-8-9;2*1-2/h2-5,7-8H,1,6H2;2*1-2H3. The zero-order valence-corrected chi connectivity index (χ0v) is 9.38. The Morgan fingerprint density at radius 3 is 1.85 bits per heavy atom. The minimum Gasteiger partial charge on any atom is -0.103 e. The first-order valence-electron chi connectivity index (χ1n) is 5.08. The van der Waals surface area contributed by atoms with Crippen LogP contribution < -0.4 is 0 Å². The van der Waals surface area contributed by atoms with Gasteiger partial charge in [0.1, 0.15) is 0 Å². The highest BCUT2D eigenvalue weighted by Gasteiger charge is 1.82. The van der Waals surface area contributed by atoms with Gasteiger partial charge in [0, 0.05) is 0 Å². The van der Waals surface area contributed by atoms with Crippen molar-refractivity contribution in [2.45, 2.75) is 34.1 Å². The molecule has 74 valence electrons. The molecule has 13 heavy (non-hydrogen) atoms. The summed E-state index contributed by atoms with van der Waals surface area (Å²) in [7, 11) is 0. The van der Waals surface area contributed by atoms with Gasteiger partial charge in [-0.3, -0.25) is 0 Å². The summed E-state index contributed by atoms with van der Waals surface area (Å²) in [6, 6.07) is 10.3. The van der Waals surface area contributed by atoms with Crippen molar-refractivity contribution in [3.05, 3.63) is 48.6 Å². The van der Waals surface area contributed by atoms with Crippen molar-refractivity contribution >= 4 is 0 Å². The van der Waals surface area contributed by atoms with Gasteiger partial charge in [-0.2, -0.15) is 0 Å². The molecule has 0 radical (unpaired) electrons. The van der Waals surface area contributed by atoms with E-state index >= 15 is 0 Å².